The lowest BCUT2D eigenvalue weighted by atomic mass is 10.4. The van der Waals surface area contributed by atoms with Crippen LogP contribution in [0.15, 0.2) is 0 Å². The van der Waals surface area contributed by atoms with E-state index in [1.165, 1.54) is 7.11 Å². The van der Waals surface area contributed by atoms with Gasteiger partial charge in [-0.05, 0) is 0 Å². The number of hydrogen-bond donors (Lipinski definition) is 2. The molecule has 0 heterocycles. The predicted octanol–water partition coefficient (Wildman–Crippen LogP) is -1.41. The highest BCUT2D eigenvalue weighted by molar-refractivity contribution is 8.06. The quantitative estimate of drug-likeness (QED) is 0.397. The van der Waals surface area contributed by atoms with Crippen LogP contribution < -0.4 is 5.73 Å². The highest BCUT2D eigenvalue weighted by Crippen LogP contribution is 2.06. The maximum Gasteiger partial charge on any atom is 0.228 e. The fraction of sp³-hybridized carbons (Fsp3) is 0.875. The zero-order valence-electron chi connectivity index (χ0n) is 10.4. The molecule has 0 aliphatic heterocycles. The van der Waals surface area contributed by atoms with Crippen molar-refractivity contribution in [2.24, 2.45) is 5.73 Å². The summed E-state index contributed by atoms with van der Waals surface area (Å²) in [6, 6.07) is 0. The minimum atomic E-state index is -3.93. The van der Waals surface area contributed by atoms with E-state index in [0.717, 1.165) is 10.6 Å². The number of nitrogens with zero attached hydrogens (tertiary/aromatic N) is 1. The first-order valence-corrected chi connectivity index (χ1v) is 8.73. The van der Waals surface area contributed by atoms with Crippen LogP contribution in [0.1, 0.15) is 6.42 Å². The van der Waals surface area contributed by atoms with E-state index in [9.17, 15) is 16.8 Å². The summed E-state index contributed by atoms with van der Waals surface area (Å²) >= 11 is 0. The van der Waals surface area contributed by atoms with E-state index in [1.807, 2.05) is 0 Å². The molecule has 108 valence electrons. The first-order chi connectivity index (χ1) is 8.08. The number of rotatable bonds is 9. The molecular weight excluding hydrogens is 282 g/mol. The molecule has 0 aromatic heterocycles. The van der Waals surface area contributed by atoms with Gasteiger partial charge in [0.2, 0.25) is 10.0 Å². The van der Waals surface area contributed by atoms with E-state index in [0.29, 0.717) is 0 Å². The van der Waals surface area contributed by atoms with Crippen molar-refractivity contribution >= 4 is 25.7 Å². The Kier molecular flexibility index (Phi) is 6.74. The number of amidine groups is 1. The third-order valence-corrected chi connectivity index (χ3v) is 5.99. The zero-order valence-corrected chi connectivity index (χ0v) is 12.1. The zero-order chi connectivity index (χ0) is 14.4. The molecule has 0 radical (unpaired) electrons. The topological polar surface area (TPSA) is 131 Å². The first kappa shape index (κ1) is 17.3. The van der Waals surface area contributed by atoms with Gasteiger partial charge in [0, 0.05) is 32.9 Å². The van der Waals surface area contributed by atoms with Crippen molar-refractivity contribution < 1.29 is 21.6 Å². The van der Waals surface area contributed by atoms with Gasteiger partial charge in [-0.1, -0.05) is 0 Å². The largest absolute Gasteiger partial charge is 0.388 e. The molecule has 0 saturated heterocycles. The number of methoxy groups -OCH3 is 1. The SMILES string of the molecule is COCCN(CCC(=N)N)S(=O)(=O)CS(C)(=O)=O. The summed E-state index contributed by atoms with van der Waals surface area (Å²) in [6.07, 6.45) is 0.900. The summed E-state index contributed by atoms with van der Waals surface area (Å²) in [5.41, 5.74) is 5.15. The standard InChI is InChI=1S/C8H19N3O5S2/c1-16-6-5-11(4-3-8(9)10)18(14,15)7-17(2,12)13/h3-7H2,1-2H3,(H3,9,10). The van der Waals surface area contributed by atoms with Crippen molar-refractivity contribution in [1.82, 2.24) is 4.31 Å². The molecule has 0 bridgehead atoms. The van der Waals surface area contributed by atoms with Crippen LogP contribution in [0.25, 0.3) is 0 Å². The number of sulfonamides is 1. The second-order valence-corrected chi connectivity index (χ2v) is 8.30. The number of hydrogen-bond acceptors (Lipinski definition) is 6. The van der Waals surface area contributed by atoms with Gasteiger partial charge in [0.15, 0.2) is 14.9 Å². The van der Waals surface area contributed by atoms with Crippen molar-refractivity contribution in [2.45, 2.75) is 6.42 Å². The molecule has 8 nitrogen and oxygen atoms in total. The number of nitrogens with two attached hydrogens (primary N) is 1. The Hall–Kier alpha value is -0.710. The minimum absolute atomic E-state index is 0.0294. The average Bonchev–Trinajstić information content (AvgIpc) is 2.12. The Morgan fingerprint density at radius 3 is 2.22 bits per heavy atom. The second kappa shape index (κ2) is 7.02. The summed E-state index contributed by atoms with van der Waals surface area (Å²) in [7, 11) is -6.17. The normalized spacial score (nSPS) is 12.8. The van der Waals surface area contributed by atoms with Gasteiger partial charge in [0.25, 0.3) is 0 Å². The molecule has 0 aromatic rings. The Labute approximate surface area is 108 Å². The van der Waals surface area contributed by atoms with Crippen molar-refractivity contribution in [1.29, 1.82) is 5.41 Å². The van der Waals surface area contributed by atoms with Gasteiger partial charge >= 0.3 is 0 Å². The van der Waals surface area contributed by atoms with E-state index in [1.54, 1.807) is 0 Å². The van der Waals surface area contributed by atoms with E-state index in [4.69, 9.17) is 15.9 Å². The van der Waals surface area contributed by atoms with Gasteiger partial charge in [-0.25, -0.2) is 16.8 Å². The van der Waals surface area contributed by atoms with E-state index in [-0.39, 0.29) is 32.0 Å². The van der Waals surface area contributed by atoms with Crippen LogP contribution in [-0.4, -0.2) is 65.1 Å². The van der Waals surface area contributed by atoms with Crippen molar-refractivity contribution in [3.63, 3.8) is 0 Å². The number of sulfone groups is 1. The number of nitrogens with one attached hydrogen (secondary N) is 1. The van der Waals surface area contributed by atoms with Gasteiger partial charge in [0.1, 0.15) is 0 Å². The summed E-state index contributed by atoms with van der Waals surface area (Å²) < 4.78 is 51.5. The second-order valence-electron chi connectivity index (χ2n) is 3.82. The average molecular weight is 301 g/mol. The smallest absolute Gasteiger partial charge is 0.228 e. The van der Waals surface area contributed by atoms with Gasteiger partial charge < -0.3 is 10.5 Å². The van der Waals surface area contributed by atoms with Crippen LogP contribution in [0, 0.1) is 5.41 Å². The highest BCUT2D eigenvalue weighted by atomic mass is 32.3. The van der Waals surface area contributed by atoms with Gasteiger partial charge in [-0.3, -0.25) is 5.41 Å². The molecule has 0 amide bonds. The number of ether oxygens (including phenoxy) is 1. The Morgan fingerprint density at radius 1 is 1.28 bits per heavy atom. The molecule has 0 spiro atoms. The van der Waals surface area contributed by atoms with Crippen LogP contribution in [0.5, 0.6) is 0 Å². The summed E-state index contributed by atoms with van der Waals surface area (Å²) in [5.74, 6) is -0.160. The van der Waals surface area contributed by atoms with Crippen molar-refractivity contribution in [3.8, 4) is 0 Å². The molecular formula is C8H19N3O5S2. The van der Waals surface area contributed by atoms with Crippen molar-refractivity contribution in [2.75, 3.05) is 38.1 Å². The summed E-state index contributed by atoms with van der Waals surface area (Å²) in [5, 5.41) is 6.10. The lowest BCUT2D eigenvalue weighted by Crippen LogP contribution is -2.39. The third kappa shape index (κ3) is 7.58. The van der Waals surface area contributed by atoms with Crippen LogP contribution in [0.3, 0.4) is 0 Å². The van der Waals surface area contributed by atoms with Gasteiger partial charge in [0.05, 0.1) is 12.4 Å². The summed E-state index contributed by atoms with van der Waals surface area (Å²) in [4.78, 5) is 0. The monoisotopic (exact) mass is 301 g/mol. The molecule has 18 heavy (non-hydrogen) atoms. The fourth-order valence-electron chi connectivity index (χ4n) is 1.17. The van der Waals surface area contributed by atoms with Gasteiger partial charge in [-0.15, -0.1) is 0 Å². The lowest BCUT2D eigenvalue weighted by Gasteiger charge is -2.21. The molecule has 0 fully saturated rings. The fourth-order valence-corrected chi connectivity index (χ4v) is 4.66. The van der Waals surface area contributed by atoms with Crippen molar-refractivity contribution in [3.05, 3.63) is 0 Å². The summed E-state index contributed by atoms with van der Waals surface area (Å²) in [6.45, 7) is 0.138. The molecule has 0 saturated carbocycles. The molecule has 0 rings (SSSR count). The molecule has 0 aromatic carbocycles. The third-order valence-electron chi connectivity index (χ3n) is 1.93. The maximum atomic E-state index is 11.8. The van der Waals surface area contributed by atoms with Crippen LogP contribution >= 0.6 is 0 Å². The first-order valence-electron chi connectivity index (χ1n) is 5.06. The van der Waals surface area contributed by atoms with E-state index < -0.39 is 24.9 Å². The van der Waals surface area contributed by atoms with Crippen LogP contribution in [0.2, 0.25) is 0 Å². The minimum Gasteiger partial charge on any atom is -0.388 e. The van der Waals surface area contributed by atoms with Crippen LogP contribution in [0.4, 0.5) is 0 Å². The van der Waals surface area contributed by atoms with Gasteiger partial charge in [-0.2, -0.15) is 4.31 Å². The molecule has 3 N–H and O–H groups in total. The Balaban J connectivity index is 4.86. The Morgan fingerprint density at radius 2 is 1.83 bits per heavy atom. The van der Waals surface area contributed by atoms with E-state index in [2.05, 4.69) is 0 Å². The maximum absolute atomic E-state index is 11.8. The molecule has 0 aliphatic rings. The van der Waals surface area contributed by atoms with Crippen LogP contribution in [-0.2, 0) is 24.6 Å². The molecule has 10 heteroatoms. The Bertz CT molecular complexity index is 471. The highest BCUT2D eigenvalue weighted by Gasteiger charge is 2.26. The predicted molar refractivity (Wildman–Crippen MR) is 68.6 cm³/mol. The lowest BCUT2D eigenvalue weighted by molar-refractivity contribution is 0.180. The molecule has 0 atom stereocenters. The molecule has 0 aliphatic carbocycles. The molecule has 0 unspecified atom stereocenters. The van der Waals surface area contributed by atoms with E-state index >= 15 is 0 Å².